The Morgan fingerprint density at radius 3 is 2.96 bits per heavy atom. The number of hydrogen-bond donors (Lipinski definition) is 2. The van der Waals surface area contributed by atoms with Gasteiger partial charge in [0, 0.05) is 24.2 Å². The number of fused-ring (bicyclic) bond motifs is 2. The predicted molar refractivity (Wildman–Crippen MR) is 93.6 cm³/mol. The zero-order chi connectivity index (χ0) is 16.4. The first-order valence-corrected chi connectivity index (χ1v) is 8.30. The fraction of sp³-hybridized carbons (Fsp3) is 0.263. The average molecular weight is 320 g/mol. The van der Waals surface area contributed by atoms with Gasteiger partial charge in [-0.3, -0.25) is 9.48 Å². The van der Waals surface area contributed by atoms with Gasteiger partial charge in [0.25, 0.3) is 0 Å². The van der Waals surface area contributed by atoms with Crippen molar-refractivity contribution in [3.8, 4) is 0 Å². The van der Waals surface area contributed by atoms with Gasteiger partial charge in [0.2, 0.25) is 5.91 Å². The number of nitrogens with one attached hydrogen (secondary N) is 2. The highest BCUT2D eigenvalue weighted by Gasteiger charge is 2.19. The third kappa shape index (κ3) is 3.03. The van der Waals surface area contributed by atoms with Crippen LogP contribution in [-0.2, 0) is 17.8 Å². The maximum atomic E-state index is 12.2. The highest BCUT2D eigenvalue weighted by molar-refractivity contribution is 5.79. The van der Waals surface area contributed by atoms with Crippen molar-refractivity contribution in [1.82, 2.24) is 20.4 Å². The molecule has 0 saturated carbocycles. The van der Waals surface area contributed by atoms with Crippen LogP contribution in [0.1, 0.15) is 17.2 Å². The number of carbonyl (C=O) groups excluding carboxylic acids is 1. The van der Waals surface area contributed by atoms with Crippen LogP contribution in [-0.4, -0.2) is 28.8 Å². The zero-order valence-corrected chi connectivity index (χ0v) is 13.4. The average Bonchev–Trinajstić information content (AvgIpc) is 3.02. The number of carbonyl (C=O) groups is 1. The van der Waals surface area contributed by atoms with E-state index in [0.29, 0.717) is 6.54 Å². The van der Waals surface area contributed by atoms with Gasteiger partial charge in [0.15, 0.2) is 0 Å². The van der Waals surface area contributed by atoms with Gasteiger partial charge in [-0.05, 0) is 30.2 Å². The van der Waals surface area contributed by atoms with Crippen molar-refractivity contribution in [3.63, 3.8) is 0 Å². The van der Waals surface area contributed by atoms with Gasteiger partial charge >= 0.3 is 0 Å². The Hall–Kier alpha value is -2.66. The van der Waals surface area contributed by atoms with Crippen molar-refractivity contribution in [2.45, 2.75) is 19.0 Å². The van der Waals surface area contributed by atoms with Crippen molar-refractivity contribution in [2.24, 2.45) is 0 Å². The molecule has 4 rings (SSSR count). The van der Waals surface area contributed by atoms with E-state index in [-0.39, 0.29) is 18.5 Å². The maximum Gasteiger partial charge on any atom is 0.241 e. The topological polar surface area (TPSA) is 59.0 Å². The fourth-order valence-electron chi connectivity index (χ4n) is 3.29. The lowest BCUT2D eigenvalue weighted by atomic mass is 9.94. The smallest absolute Gasteiger partial charge is 0.241 e. The van der Waals surface area contributed by atoms with Gasteiger partial charge in [-0.1, -0.05) is 42.5 Å². The van der Waals surface area contributed by atoms with Crippen LogP contribution in [0.15, 0.2) is 54.7 Å². The van der Waals surface area contributed by atoms with Crippen LogP contribution in [0.25, 0.3) is 10.9 Å². The summed E-state index contributed by atoms with van der Waals surface area (Å²) in [5, 5.41) is 12.0. The molecular weight excluding hydrogens is 300 g/mol. The van der Waals surface area contributed by atoms with Gasteiger partial charge in [-0.25, -0.2) is 0 Å². The summed E-state index contributed by atoms with van der Waals surface area (Å²) in [7, 11) is 0. The van der Waals surface area contributed by atoms with E-state index in [9.17, 15) is 4.79 Å². The van der Waals surface area contributed by atoms with Gasteiger partial charge in [0.1, 0.15) is 6.54 Å². The minimum Gasteiger partial charge on any atom is -0.353 e. The Kier molecular flexibility index (Phi) is 4.01. The molecule has 122 valence electrons. The summed E-state index contributed by atoms with van der Waals surface area (Å²) in [5.41, 5.74) is 3.57. The molecule has 1 aliphatic rings. The standard InChI is InChI=1S/C19H20N4O/c24-19(13-23-12-15-6-2-4-8-17(15)22-23)21-11-18-16-7-3-1-5-14(16)9-10-20-18/h1-8,12,18,20H,9-11,13H2,(H,21,24). The number of benzene rings is 2. The van der Waals surface area contributed by atoms with Crippen LogP contribution in [0.2, 0.25) is 0 Å². The highest BCUT2D eigenvalue weighted by atomic mass is 16.2. The minimum atomic E-state index is -0.0207. The molecule has 1 aromatic heterocycles. The van der Waals surface area contributed by atoms with Crippen LogP contribution in [0.4, 0.5) is 0 Å². The van der Waals surface area contributed by atoms with E-state index >= 15 is 0 Å². The molecule has 0 radical (unpaired) electrons. The van der Waals surface area contributed by atoms with Crippen LogP contribution < -0.4 is 10.6 Å². The molecule has 0 fully saturated rings. The first kappa shape index (κ1) is 14.9. The molecule has 2 heterocycles. The van der Waals surface area contributed by atoms with E-state index in [4.69, 9.17) is 0 Å². The van der Waals surface area contributed by atoms with Gasteiger partial charge in [0.05, 0.1) is 5.52 Å². The lowest BCUT2D eigenvalue weighted by Gasteiger charge is -2.27. The molecular formula is C19H20N4O. The number of nitrogens with zero attached hydrogens (tertiary/aromatic N) is 2. The summed E-state index contributed by atoms with van der Waals surface area (Å²) in [6, 6.07) is 16.5. The second kappa shape index (κ2) is 6.45. The molecule has 1 unspecified atom stereocenters. The third-order valence-electron chi connectivity index (χ3n) is 4.49. The maximum absolute atomic E-state index is 12.2. The summed E-state index contributed by atoms with van der Waals surface area (Å²) in [6.07, 6.45) is 2.95. The summed E-state index contributed by atoms with van der Waals surface area (Å²) in [4.78, 5) is 12.2. The van der Waals surface area contributed by atoms with E-state index in [2.05, 4.69) is 40.0 Å². The number of aromatic nitrogens is 2. The largest absolute Gasteiger partial charge is 0.353 e. The molecule has 0 saturated heterocycles. The normalized spacial score (nSPS) is 16.8. The van der Waals surface area contributed by atoms with Crippen LogP contribution in [0, 0.1) is 0 Å². The molecule has 5 heteroatoms. The zero-order valence-electron chi connectivity index (χ0n) is 13.4. The molecule has 2 N–H and O–H groups in total. The van der Waals surface area contributed by atoms with Crippen LogP contribution >= 0.6 is 0 Å². The molecule has 0 spiro atoms. The second-order valence-electron chi connectivity index (χ2n) is 6.15. The van der Waals surface area contributed by atoms with Crippen LogP contribution in [0.3, 0.4) is 0 Å². The van der Waals surface area contributed by atoms with Crippen molar-refractivity contribution in [2.75, 3.05) is 13.1 Å². The van der Waals surface area contributed by atoms with Crippen molar-refractivity contribution >= 4 is 16.8 Å². The van der Waals surface area contributed by atoms with Crippen molar-refractivity contribution in [3.05, 3.63) is 65.9 Å². The quantitative estimate of drug-likeness (QED) is 0.773. The first-order chi connectivity index (χ1) is 11.8. The monoisotopic (exact) mass is 320 g/mol. The van der Waals surface area contributed by atoms with E-state index in [0.717, 1.165) is 23.9 Å². The molecule has 5 nitrogen and oxygen atoms in total. The molecule has 1 aliphatic heterocycles. The highest BCUT2D eigenvalue weighted by Crippen LogP contribution is 2.21. The van der Waals surface area contributed by atoms with Gasteiger partial charge < -0.3 is 10.6 Å². The SMILES string of the molecule is O=C(Cn1cc2ccccc2n1)NCC1NCCc2ccccc21. The molecule has 3 aromatic rings. The first-order valence-electron chi connectivity index (χ1n) is 8.30. The third-order valence-corrected chi connectivity index (χ3v) is 4.49. The minimum absolute atomic E-state index is 0.0207. The Labute approximate surface area is 140 Å². The summed E-state index contributed by atoms with van der Waals surface area (Å²) >= 11 is 0. The van der Waals surface area contributed by atoms with E-state index in [1.165, 1.54) is 11.1 Å². The summed E-state index contributed by atoms with van der Waals surface area (Å²) in [6.45, 7) is 1.78. The van der Waals surface area contributed by atoms with E-state index in [1.807, 2.05) is 30.5 Å². The molecule has 1 amide bonds. The van der Waals surface area contributed by atoms with Gasteiger partial charge in [-0.2, -0.15) is 5.10 Å². The van der Waals surface area contributed by atoms with Gasteiger partial charge in [-0.15, -0.1) is 0 Å². The second-order valence-corrected chi connectivity index (χ2v) is 6.15. The van der Waals surface area contributed by atoms with Crippen molar-refractivity contribution < 1.29 is 4.79 Å². The molecule has 0 aliphatic carbocycles. The van der Waals surface area contributed by atoms with Crippen molar-refractivity contribution in [1.29, 1.82) is 0 Å². The number of hydrogen-bond acceptors (Lipinski definition) is 3. The van der Waals surface area contributed by atoms with Crippen LogP contribution in [0.5, 0.6) is 0 Å². The van der Waals surface area contributed by atoms with E-state index < -0.39 is 0 Å². The lowest BCUT2D eigenvalue weighted by molar-refractivity contribution is -0.121. The summed E-state index contributed by atoms with van der Waals surface area (Å²) in [5.74, 6) is -0.0207. The van der Waals surface area contributed by atoms with E-state index in [1.54, 1.807) is 4.68 Å². The Morgan fingerprint density at radius 2 is 2.04 bits per heavy atom. The Balaban J connectivity index is 1.39. The molecule has 0 bridgehead atoms. The Morgan fingerprint density at radius 1 is 1.21 bits per heavy atom. The summed E-state index contributed by atoms with van der Waals surface area (Å²) < 4.78 is 1.70. The lowest BCUT2D eigenvalue weighted by Crippen LogP contribution is -2.39. The molecule has 24 heavy (non-hydrogen) atoms. The number of rotatable bonds is 4. The predicted octanol–water partition coefficient (Wildman–Crippen LogP) is 2.04. The fourth-order valence-corrected chi connectivity index (χ4v) is 3.29. The number of amides is 1. The molecule has 2 aromatic carbocycles. The molecule has 1 atom stereocenters. The Bertz CT molecular complexity index is 837.